The topological polar surface area (TPSA) is 50.4 Å². The summed E-state index contributed by atoms with van der Waals surface area (Å²) < 4.78 is 4.96. The van der Waals surface area contributed by atoms with E-state index in [1.54, 1.807) is 0 Å². The molecule has 1 amide bonds. The summed E-state index contributed by atoms with van der Waals surface area (Å²) >= 11 is 0. The van der Waals surface area contributed by atoms with Gasteiger partial charge in [0.2, 0.25) is 5.91 Å². The predicted octanol–water partition coefficient (Wildman–Crippen LogP) is 0.652. The summed E-state index contributed by atoms with van der Waals surface area (Å²) in [6.07, 6.45) is 4.35. The molecule has 1 rings (SSSR count). The summed E-state index contributed by atoms with van der Waals surface area (Å²) in [5.41, 5.74) is 0. The number of piperidine rings is 1. The number of rotatable bonds is 6. The Hall–Kier alpha value is -1.03. The van der Waals surface area contributed by atoms with Gasteiger partial charge in [0.15, 0.2) is 0 Å². The molecule has 2 N–H and O–H groups in total. The predicted molar refractivity (Wildman–Crippen MR) is 59.4 cm³/mol. The Morgan fingerprint density at radius 3 is 3.20 bits per heavy atom. The summed E-state index contributed by atoms with van der Waals surface area (Å²) in [6, 6.07) is 0. The van der Waals surface area contributed by atoms with Crippen LogP contribution in [0.5, 0.6) is 0 Å². The van der Waals surface area contributed by atoms with Crippen molar-refractivity contribution in [3.8, 4) is 0 Å². The molecule has 0 spiro atoms. The highest BCUT2D eigenvalue weighted by Crippen LogP contribution is 2.09. The fourth-order valence-electron chi connectivity index (χ4n) is 1.67. The van der Waals surface area contributed by atoms with Crippen LogP contribution in [0, 0.1) is 5.92 Å². The van der Waals surface area contributed by atoms with Gasteiger partial charge in [-0.05, 0) is 25.8 Å². The molecule has 4 heteroatoms. The summed E-state index contributed by atoms with van der Waals surface area (Å²) in [4.78, 5) is 11.6. The zero-order valence-electron chi connectivity index (χ0n) is 9.13. The first-order valence-electron chi connectivity index (χ1n) is 5.55. The second-order valence-corrected chi connectivity index (χ2v) is 3.73. The molecule has 0 radical (unpaired) electrons. The van der Waals surface area contributed by atoms with Crippen molar-refractivity contribution >= 4 is 5.91 Å². The summed E-state index contributed by atoms with van der Waals surface area (Å²) in [6.45, 7) is 6.60. The fraction of sp³-hybridized carbons (Fsp3) is 0.727. The standard InChI is InChI=1S/C11H20N2O2/c1-2-15-8-4-7-13-11(14)10-5-3-6-12-9-10/h2,10,12H,1,3-9H2,(H,13,14). The average Bonchev–Trinajstić information content (AvgIpc) is 2.30. The summed E-state index contributed by atoms with van der Waals surface area (Å²) in [5.74, 6) is 0.319. The van der Waals surface area contributed by atoms with Crippen molar-refractivity contribution < 1.29 is 9.53 Å². The van der Waals surface area contributed by atoms with Gasteiger partial charge in [-0.15, -0.1) is 0 Å². The largest absolute Gasteiger partial charge is 0.502 e. The van der Waals surface area contributed by atoms with Crippen LogP contribution in [0.4, 0.5) is 0 Å². The molecule has 1 saturated heterocycles. The van der Waals surface area contributed by atoms with Crippen molar-refractivity contribution in [2.75, 3.05) is 26.2 Å². The van der Waals surface area contributed by atoms with Gasteiger partial charge in [-0.1, -0.05) is 6.58 Å². The number of carbonyl (C=O) groups excluding carboxylic acids is 1. The van der Waals surface area contributed by atoms with Crippen LogP contribution in [0.3, 0.4) is 0 Å². The molecule has 1 fully saturated rings. The number of carbonyl (C=O) groups is 1. The Morgan fingerprint density at radius 1 is 1.67 bits per heavy atom. The first-order chi connectivity index (χ1) is 7.34. The number of ether oxygens (including phenoxy) is 1. The SMILES string of the molecule is C=COCCCNC(=O)C1CCCNC1. The van der Waals surface area contributed by atoms with Crippen LogP contribution in [0.25, 0.3) is 0 Å². The highest BCUT2D eigenvalue weighted by molar-refractivity contribution is 5.78. The van der Waals surface area contributed by atoms with E-state index in [0.29, 0.717) is 13.2 Å². The highest BCUT2D eigenvalue weighted by atomic mass is 16.5. The molecule has 0 aromatic heterocycles. The van der Waals surface area contributed by atoms with Gasteiger partial charge in [-0.3, -0.25) is 4.79 Å². The molecule has 1 aliphatic heterocycles. The Morgan fingerprint density at radius 2 is 2.53 bits per heavy atom. The average molecular weight is 212 g/mol. The Bertz CT molecular complexity index is 201. The minimum Gasteiger partial charge on any atom is -0.502 e. The van der Waals surface area contributed by atoms with Crippen molar-refractivity contribution in [2.24, 2.45) is 5.92 Å². The third kappa shape index (κ3) is 4.83. The van der Waals surface area contributed by atoms with Gasteiger partial charge in [0.1, 0.15) is 0 Å². The number of hydrogen-bond donors (Lipinski definition) is 2. The van der Waals surface area contributed by atoms with Gasteiger partial charge < -0.3 is 15.4 Å². The minimum atomic E-state index is 0.152. The third-order valence-electron chi connectivity index (χ3n) is 2.52. The molecule has 0 aliphatic carbocycles. The van der Waals surface area contributed by atoms with E-state index in [-0.39, 0.29) is 11.8 Å². The van der Waals surface area contributed by atoms with Gasteiger partial charge in [-0.25, -0.2) is 0 Å². The molecule has 1 unspecified atom stereocenters. The maximum absolute atomic E-state index is 11.6. The fourth-order valence-corrected chi connectivity index (χ4v) is 1.67. The van der Waals surface area contributed by atoms with Crippen molar-refractivity contribution in [1.29, 1.82) is 0 Å². The Balaban J connectivity index is 2.04. The van der Waals surface area contributed by atoms with Crippen molar-refractivity contribution in [2.45, 2.75) is 19.3 Å². The second-order valence-electron chi connectivity index (χ2n) is 3.73. The molecule has 0 aromatic carbocycles. The van der Waals surface area contributed by atoms with Crippen LogP contribution in [-0.4, -0.2) is 32.1 Å². The number of amides is 1. The van der Waals surface area contributed by atoms with Gasteiger partial charge in [0.25, 0.3) is 0 Å². The first-order valence-corrected chi connectivity index (χ1v) is 5.55. The molecule has 1 heterocycles. The van der Waals surface area contributed by atoms with E-state index in [0.717, 1.165) is 32.4 Å². The first kappa shape index (κ1) is 12.0. The third-order valence-corrected chi connectivity index (χ3v) is 2.52. The van der Waals surface area contributed by atoms with Crippen LogP contribution in [0.1, 0.15) is 19.3 Å². The molecule has 4 nitrogen and oxygen atoms in total. The van der Waals surface area contributed by atoms with Crippen LogP contribution in [0.15, 0.2) is 12.8 Å². The van der Waals surface area contributed by atoms with E-state index in [9.17, 15) is 4.79 Å². The lowest BCUT2D eigenvalue weighted by Crippen LogP contribution is -2.40. The van der Waals surface area contributed by atoms with Gasteiger partial charge >= 0.3 is 0 Å². The monoisotopic (exact) mass is 212 g/mol. The van der Waals surface area contributed by atoms with Gasteiger partial charge in [0, 0.05) is 13.1 Å². The van der Waals surface area contributed by atoms with Crippen LogP contribution >= 0.6 is 0 Å². The Kier molecular flexibility index (Phi) is 5.85. The number of hydrogen-bond acceptors (Lipinski definition) is 3. The quantitative estimate of drug-likeness (QED) is 0.502. The van der Waals surface area contributed by atoms with E-state index in [1.165, 1.54) is 6.26 Å². The highest BCUT2D eigenvalue weighted by Gasteiger charge is 2.19. The van der Waals surface area contributed by atoms with E-state index in [4.69, 9.17) is 4.74 Å². The molecule has 0 saturated carbocycles. The van der Waals surface area contributed by atoms with Crippen molar-refractivity contribution in [3.63, 3.8) is 0 Å². The van der Waals surface area contributed by atoms with Crippen LogP contribution in [0.2, 0.25) is 0 Å². The lowest BCUT2D eigenvalue weighted by Gasteiger charge is -2.21. The zero-order valence-corrected chi connectivity index (χ0v) is 9.13. The molecule has 1 aliphatic rings. The van der Waals surface area contributed by atoms with Crippen molar-refractivity contribution in [3.05, 3.63) is 12.8 Å². The second kappa shape index (κ2) is 7.29. The summed E-state index contributed by atoms with van der Waals surface area (Å²) in [7, 11) is 0. The normalized spacial score (nSPS) is 20.7. The summed E-state index contributed by atoms with van der Waals surface area (Å²) in [5, 5.41) is 6.15. The van der Waals surface area contributed by atoms with E-state index in [2.05, 4.69) is 17.2 Å². The van der Waals surface area contributed by atoms with Gasteiger partial charge in [0.05, 0.1) is 18.8 Å². The van der Waals surface area contributed by atoms with E-state index in [1.807, 2.05) is 0 Å². The molecule has 15 heavy (non-hydrogen) atoms. The van der Waals surface area contributed by atoms with Crippen LogP contribution in [-0.2, 0) is 9.53 Å². The molecular formula is C11H20N2O2. The smallest absolute Gasteiger partial charge is 0.224 e. The Labute approximate surface area is 91.1 Å². The number of nitrogens with one attached hydrogen (secondary N) is 2. The molecule has 0 bridgehead atoms. The van der Waals surface area contributed by atoms with Crippen LogP contribution < -0.4 is 10.6 Å². The molecule has 86 valence electrons. The van der Waals surface area contributed by atoms with Crippen molar-refractivity contribution in [1.82, 2.24) is 10.6 Å². The molecule has 1 atom stereocenters. The lowest BCUT2D eigenvalue weighted by atomic mass is 9.99. The lowest BCUT2D eigenvalue weighted by molar-refractivity contribution is -0.125. The van der Waals surface area contributed by atoms with E-state index >= 15 is 0 Å². The maximum Gasteiger partial charge on any atom is 0.224 e. The maximum atomic E-state index is 11.6. The van der Waals surface area contributed by atoms with E-state index < -0.39 is 0 Å². The minimum absolute atomic E-state index is 0.152. The molecular weight excluding hydrogens is 192 g/mol. The zero-order chi connectivity index (χ0) is 10.9. The van der Waals surface area contributed by atoms with Gasteiger partial charge in [-0.2, -0.15) is 0 Å². The molecule has 0 aromatic rings.